The molecule has 0 atom stereocenters. The predicted molar refractivity (Wildman–Crippen MR) is 72.7 cm³/mol. The van der Waals surface area contributed by atoms with Crippen LogP contribution in [0.1, 0.15) is 30.6 Å². The monoisotopic (exact) mass is 314 g/mol. The molecule has 0 aromatic heterocycles. The van der Waals surface area contributed by atoms with Crippen LogP contribution in [0.25, 0.3) is 0 Å². The number of nitro benzene ring substituents is 1. The summed E-state index contributed by atoms with van der Waals surface area (Å²) in [4.78, 5) is 24.2. The normalized spacial score (nSPS) is 10.2. The molecule has 0 radical (unpaired) electrons. The largest absolute Gasteiger partial charge is 0.339 e. The Balaban J connectivity index is 3.13. The lowest BCUT2D eigenvalue weighted by molar-refractivity contribution is -0.385. The summed E-state index contributed by atoms with van der Waals surface area (Å²) in [6.45, 7) is 5.10. The SMILES string of the molecule is CCCN(CC)C(=O)c1cccc([N+](=O)[O-])c1Br. The van der Waals surface area contributed by atoms with Gasteiger partial charge in [0.05, 0.1) is 10.5 Å². The highest BCUT2D eigenvalue weighted by molar-refractivity contribution is 9.10. The van der Waals surface area contributed by atoms with Gasteiger partial charge in [-0.25, -0.2) is 0 Å². The topological polar surface area (TPSA) is 63.5 Å². The van der Waals surface area contributed by atoms with Gasteiger partial charge in [-0.3, -0.25) is 14.9 Å². The molecule has 1 aromatic carbocycles. The number of nitro groups is 1. The number of benzene rings is 1. The Morgan fingerprint density at radius 1 is 1.44 bits per heavy atom. The van der Waals surface area contributed by atoms with Crippen LogP contribution in [0.15, 0.2) is 22.7 Å². The molecule has 0 bridgehead atoms. The van der Waals surface area contributed by atoms with Crippen molar-refractivity contribution in [2.75, 3.05) is 13.1 Å². The first-order chi connectivity index (χ1) is 8.52. The summed E-state index contributed by atoms with van der Waals surface area (Å²) in [5.74, 6) is -0.185. The van der Waals surface area contributed by atoms with Crippen molar-refractivity contribution in [3.8, 4) is 0 Å². The van der Waals surface area contributed by atoms with E-state index in [9.17, 15) is 14.9 Å². The van der Waals surface area contributed by atoms with Crippen LogP contribution in [0.3, 0.4) is 0 Å². The van der Waals surface area contributed by atoms with Gasteiger partial charge in [-0.05, 0) is 35.3 Å². The van der Waals surface area contributed by atoms with Gasteiger partial charge in [0.1, 0.15) is 4.47 Å². The molecule has 1 amide bonds. The third kappa shape index (κ3) is 3.07. The Bertz CT molecular complexity index is 463. The zero-order valence-electron chi connectivity index (χ0n) is 10.4. The van der Waals surface area contributed by atoms with Gasteiger partial charge in [-0.1, -0.05) is 13.0 Å². The number of nitrogens with zero attached hydrogens (tertiary/aromatic N) is 2. The van der Waals surface area contributed by atoms with E-state index in [0.29, 0.717) is 18.7 Å². The quantitative estimate of drug-likeness (QED) is 0.619. The van der Waals surface area contributed by atoms with Crippen LogP contribution >= 0.6 is 15.9 Å². The number of hydrogen-bond acceptors (Lipinski definition) is 3. The van der Waals surface area contributed by atoms with Gasteiger partial charge in [0, 0.05) is 19.2 Å². The number of carbonyl (C=O) groups excluding carboxylic acids is 1. The van der Waals surface area contributed by atoms with Crippen molar-refractivity contribution in [3.63, 3.8) is 0 Å². The molecule has 0 unspecified atom stereocenters. The van der Waals surface area contributed by atoms with Gasteiger partial charge >= 0.3 is 0 Å². The van der Waals surface area contributed by atoms with Gasteiger partial charge < -0.3 is 4.90 Å². The highest BCUT2D eigenvalue weighted by Gasteiger charge is 2.22. The summed E-state index contributed by atoms with van der Waals surface area (Å²) in [7, 11) is 0. The maximum absolute atomic E-state index is 12.2. The zero-order valence-corrected chi connectivity index (χ0v) is 11.9. The fourth-order valence-corrected chi connectivity index (χ4v) is 2.25. The molecule has 0 heterocycles. The van der Waals surface area contributed by atoms with Gasteiger partial charge in [0.2, 0.25) is 0 Å². The first-order valence-electron chi connectivity index (χ1n) is 5.75. The van der Waals surface area contributed by atoms with Crippen LogP contribution in [0.4, 0.5) is 5.69 Å². The Morgan fingerprint density at radius 3 is 2.61 bits per heavy atom. The van der Waals surface area contributed by atoms with Crippen molar-refractivity contribution >= 4 is 27.5 Å². The van der Waals surface area contributed by atoms with E-state index in [1.165, 1.54) is 12.1 Å². The molecule has 1 aromatic rings. The molecule has 0 aliphatic rings. The molecule has 0 aliphatic heterocycles. The van der Waals surface area contributed by atoms with Gasteiger partial charge in [-0.15, -0.1) is 0 Å². The van der Waals surface area contributed by atoms with E-state index in [2.05, 4.69) is 15.9 Å². The van der Waals surface area contributed by atoms with Crippen molar-refractivity contribution in [2.24, 2.45) is 0 Å². The lowest BCUT2D eigenvalue weighted by Crippen LogP contribution is -2.31. The average molecular weight is 315 g/mol. The van der Waals surface area contributed by atoms with Crippen LogP contribution in [-0.2, 0) is 0 Å². The fourth-order valence-electron chi connectivity index (χ4n) is 1.67. The van der Waals surface area contributed by atoms with Crippen LogP contribution in [0, 0.1) is 10.1 Å². The fraction of sp³-hybridized carbons (Fsp3) is 0.417. The first kappa shape index (κ1) is 14.6. The highest BCUT2D eigenvalue weighted by atomic mass is 79.9. The summed E-state index contributed by atoms with van der Waals surface area (Å²) < 4.78 is 0.245. The van der Waals surface area contributed by atoms with Crippen LogP contribution < -0.4 is 0 Å². The van der Waals surface area contributed by atoms with Gasteiger partial charge in [0.25, 0.3) is 11.6 Å². The molecular weight excluding hydrogens is 300 g/mol. The van der Waals surface area contributed by atoms with Gasteiger partial charge in [0.15, 0.2) is 0 Å². The summed E-state index contributed by atoms with van der Waals surface area (Å²) >= 11 is 3.14. The van der Waals surface area contributed by atoms with E-state index in [0.717, 1.165) is 6.42 Å². The van der Waals surface area contributed by atoms with Crippen molar-refractivity contribution in [3.05, 3.63) is 38.3 Å². The summed E-state index contributed by atoms with van der Waals surface area (Å²) in [6, 6.07) is 4.49. The standard InChI is InChI=1S/C12H15BrN2O3/c1-3-8-14(4-2)12(16)9-6-5-7-10(11(9)13)15(17)18/h5-7H,3-4,8H2,1-2H3. The number of carbonyl (C=O) groups is 1. The number of rotatable bonds is 5. The van der Waals surface area contributed by atoms with E-state index in [1.807, 2.05) is 13.8 Å². The van der Waals surface area contributed by atoms with Crippen molar-refractivity contribution in [1.29, 1.82) is 0 Å². The van der Waals surface area contributed by atoms with E-state index in [4.69, 9.17) is 0 Å². The Hall–Kier alpha value is -1.43. The van der Waals surface area contributed by atoms with Crippen molar-refractivity contribution < 1.29 is 9.72 Å². The molecule has 0 aliphatic carbocycles. The van der Waals surface area contributed by atoms with Crippen molar-refractivity contribution in [2.45, 2.75) is 20.3 Å². The van der Waals surface area contributed by atoms with Crippen LogP contribution in [0.5, 0.6) is 0 Å². The Labute approximate surface area is 114 Å². The molecule has 1 rings (SSSR count). The summed E-state index contributed by atoms with van der Waals surface area (Å²) in [6.07, 6.45) is 0.853. The second-order valence-electron chi connectivity index (χ2n) is 3.78. The molecule has 98 valence electrons. The predicted octanol–water partition coefficient (Wildman–Crippen LogP) is 3.23. The maximum Gasteiger partial charge on any atom is 0.284 e. The zero-order chi connectivity index (χ0) is 13.7. The minimum absolute atomic E-state index is 0.0894. The van der Waals surface area contributed by atoms with Crippen molar-refractivity contribution in [1.82, 2.24) is 4.90 Å². The molecule has 0 fully saturated rings. The van der Waals surface area contributed by atoms with Crippen LogP contribution in [-0.4, -0.2) is 28.8 Å². The van der Waals surface area contributed by atoms with Gasteiger partial charge in [-0.2, -0.15) is 0 Å². The lowest BCUT2D eigenvalue weighted by atomic mass is 10.1. The Kier molecular flexibility index (Phi) is 5.27. The molecule has 0 saturated carbocycles. The van der Waals surface area contributed by atoms with E-state index >= 15 is 0 Å². The van der Waals surface area contributed by atoms with Crippen LogP contribution in [0.2, 0.25) is 0 Å². The first-order valence-corrected chi connectivity index (χ1v) is 6.54. The average Bonchev–Trinajstić information content (AvgIpc) is 2.35. The highest BCUT2D eigenvalue weighted by Crippen LogP contribution is 2.29. The van der Waals surface area contributed by atoms with E-state index < -0.39 is 4.92 Å². The third-order valence-electron chi connectivity index (χ3n) is 2.57. The second kappa shape index (κ2) is 6.49. The maximum atomic E-state index is 12.2. The summed E-state index contributed by atoms with van der Waals surface area (Å²) in [5, 5.41) is 10.8. The molecule has 6 heteroatoms. The minimum atomic E-state index is -0.503. The lowest BCUT2D eigenvalue weighted by Gasteiger charge is -2.20. The Morgan fingerprint density at radius 2 is 2.11 bits per heavy atom. The number of hydrogen-bond donors (Lipinski definition) is 0. The molecule has 18 heavy (non-hydrogen) atoms. The third-order valence-corrected chi connectivity index (χ3v) is 3.40. The minimum Gasteiger partial charge on any atom is -0.339 e. The smallest absolute Gasteiger partial charge is 0.284 e. The molecule has 0 N–H and O–H groups in total. The molecular formula is C12H15BrN2O3. The van der Waals surface area contributed by atoms with E-state index in [1.54, 1.807) is 11.0 Å². The number of amides is 1. The van der Waals surface area contributed by atoms with E-state index in [-0.39, 0.29) is 16.1 Å². The molecule has 0 spiro atoms. The second-order valence-corrected chi connectivity index (χ2v) is 4.57. The molecule has 5 nitrogen and oxygen atoms in total. The molecule has 0 saturated heterocycles. The summed E-state index contributed by atoms with van der Waals surface area (Å²) in [5.41, 5.74) is 0.243. The number of halogens is 1.